The lowest BCUT2D eigenvalue weighted by atomic mass is 10.0. The van der Waals surface area contributed by atoms with E-state index in [9.17, 15) is 4.79 Å². The highest BCUT2D eigenvalue weighted by Crippen LogP contribution is 2.32. The van der Waals surface area contributed by atoms with Gasteiger partial charge in [0.25, 0.3) is 5.91 Å². The van der Waals surface area contributed by atoms with Crippen LogP contribution < -0.4 is 0 Å². The Labute approximate surface area is 142 Å². The van der Waals surface area contributed by atoms with Crippen molar-refractivity contribution in [3.05, 3.63) is 54.1 Å². The number of pyridine rings is 1. The lowest BCUT2D eigenvalue weighted by molar-refractivity contribution is 0.0198. The number of aromatic nitrogens is 2. The summed E-state index contributed by atoms with van der Waals surface area (Å²) in [6.07, 6.45) is 9.83. The number of nitrogens with one attached hydrogen (secondary N) is 1. The van der Waals surface area contributed by atoms with E-state index in [1.54, 1.807) is 12.4 Å². The van der Waals surface area contributed by atoms with Gasteiger partial charge in [-0.1, -0.05) is 6.07 Å². The number of aromatic amines is 1. The quantitative estimate of drug-likeness (QED) is 0.888. The van der Waals surface area contributed by atoms with E-state index >= 15 is 0 Å². The summed E-state index contributed by atoms with van der Waals surface area (Å²) in [5, 5.41) is 0. The van der Waals surface area contributed by atoms with Crippen LogP contribution >= 0.6 is 0 Å². The summed E-state index contributed by atoms with van der Waals surface area (Å²) in [6, 6.07) is 7.79. The Morgan fingerprint density at radius 3 is 2.92 bits per heavy atom. The summed E-state index contributed by atoms with van der Waals surface area (Å²) in [6.45, 7) is 1.58. The monoisotopic (exact) mass is 325 g/mol. The summed E-state index contributed by atoms with van der Waals surface area (Å²) in [7, 11) is 0. The summed E-state index contributed by atoms with van der Waals surface area (Å²) >= 11 is 0. The lowest BCUT2D eigenvalue weighted by Crippen LogP contribution is -2.42. The standard InChI is InChI=1S/C19H23N3O2/c23-19(16-4-2-9-21-16)22-10-7-18(24-13-14-5-6-14)17(22)11-15-3-1-8-20-12-15/h1-4,8-9,12,14,17-18,21H,5-7,10-11,13H2/t17-,18-/m0/s1. The number of carbonyl (C=O) groups excluding carboxylic acids is 1. The predicted molar refractivity (Wildman–Crippen MR) is 90.6 cm³/mol. The largest absolute Gasteiger partial charge is 0.376 e. The van der Waals surface area contributed by atoms with Gasteiger partial charge < -0.3 is 14.6 Å². The highest BCUT2D eigenvalue weighted by atomic mass is 16.5. The molecular weight excluding hydrogens is 302 g/mol. The maximum Gasteiger partial charge on any atom is 0.270 e. The third-order valence-electron chi connectivity index (χ3n) is 4.98. The Hall–Kier alpha value is -2.14. The number of hydrogen-bond donors (Lipinski definition) is 1. The number of rotatable bonds is 6. The third-order valence-corrected chi connectivity index (χ3v) is 4.98. The van der Waals surface area contributed by atoms with Crippen LogP contribution in [-0.4, -0.2) is 46.1 Å². The number of nitrogens with zero attached hydrogens (tertiary/aromatic N) is 2. The topological polar surface area (TPSA) is 58.2 Å². The number of H-pyrrole nitrogens is 1. The number of carbonyl (C=O) groups is 1. The van der Waals surface area contributed by atoms with Crippen molar-refractivity contribution in [2.45, 2.75) is 37.8 Å². The smallest absolute Gasteiger partial charge is 0.270 e. The fourth-order valence-corrected chi connectivity index (χ4v) is 3.44. The molecule has 3 heterocycles. The lowest BCUT2D eigenvalue weighted by Gasteiger charge is -2.28. The second-order valence-electron chi connectivity index (χ2n) is 6.82. The molecule has 1 aliphatic heterocycles. The van der Waals surface area contributed by atoms with Crippen molar-refractivity contribution in [1.29, 1.82) is 0 Å². The Kier molecular flexibility index (Phi) is 4.34. The molecule has 0 spiro atoms. The van der Waals surface area contributed by atoms with Crippen molar-refractivity contribution in [3.63, 3.8) is 0 Å². The van der Waals surface area contributed by atoms with Gasteiger partial charge in [0.05, 0.1) is 12.1 Å². The first kappa shape index (κ1) is 15.4. The molecule has 24 heavy (non-hydrogen) atoms. The minimum Gasteiger partial charge on any atom is -0.376 e. The van der Waals surface area contributed by atoms with Gasteiger partial charge in [0.1, 0.15) is 5.69 Å². The van der Waals surface area contributed by atoms with Gasteiger partial charge in [-0.15, -0.1) is 0 Å². The van der Waals surface area contributed by atoms with Crippen LogP contribution in [0, 0.1) is 5.92 Å². The van der Waals surface area contributed by atoms with E-state index < -0.39 is 0 Å². The highest BCUT2D eigenvalue weighted by Gasteiger charge is 2.39. The summed E-state index contributed by atoms with van der Waals surface area (Å²) < 4.78 is 6.18. The molecule has 1 N–H and O–H groups in total. The zero-order valence-corrected chi connectivity index (χ0v) is 13.7. The molecule has 2 aromatic rings. The molecule has 0 unspecified atom stereocenters. The van der Waals surface area contributed by atoms with Crippen molar-refractivity contribution in [3.8, 4) is 0 Å². The Morgan fingerprint density at radius 1 is 1.29 bits per heavy atom. The molecule has 4 rings (SSSR count). The zero-order valence-electron chi connectivity index (χ0n) is 13.7. The van der Waals surface area contributed by atoms with E-state index in [0.29, 0.717) is 5.69 Å². The van der Waals surface area contributed by atoms with Crippen molar-refractivity contribution >= 4 is 5.91 Å². The van der Waals surface area contributed by atoms with Crippen LogP contribution in [0.1, 0.15) is 35.3 Å². The fraction of sp³-hybridized carbons (Fsp3) is 0.474. The minimum atomic E-state index is 0.0615. The molecule has 5 nitrogen and oxygen atoms in total. The van der Waals surface area contributed by atoms with Crippen LogP contribution in [0.2, 0.25) is 0 Å². The molecule has 0 bridgehead atoms. The summed E-state index contributed by atoms with van der Waals surface area (Å²) in [4.78, 5) is 22.0. The Morgan fingerprint density at radius 2 is 2.21 bits per heavy atom. The SMILES string of the molecule is O=C(c1ccc[nH]1)N1CC[C@H](OCC2CC2)[C@@H]1Cc1cccnc1. The molecule has 5 heteroatoms. The molecular formula is C19H23N3O2. The van der Waals surface area contributed by atoms with Crippen LogP contribution in [-0.2, 0) is 11.2 Å². The van der Waals surface area contributed by atoms with Crippen molar-refractivity contribution < 1.29 is 9.53 Å². The molecule has 0 aromatic carbocycles. The second-order valence-corrected chi connectivity index (χ2v) is 6.82. The number of amides is 1. The predicted octanol–water partition coefficient (Wildman–Crippen LogP) is 2.66. The first-order valence-electron chi connectivity index (χ1n) is 8.76. The van der Waals surface area contributed by atoms with E-state index in [-0.39, 0.29) is 18.1 Å². The van der Waals surface area contributed by atoms with Crippen LogP contribution in [0.15, 0.2) is 42.9 Å². The van der Waals surface area contributed by atoms with Crippen molar-refractivity contribution in [1.82, 2.24) is 14.9 Å². The minimum absolute atomic E-state index is 0.0615. The molecule has 1 saturated heterocycles. The molecule has 2 atom stereocenters. The molecule has 1 amide bonds. The van der Waals surface area contributed by atoms with Gasteiger partial charge in [0.15, 0.2) is 0 Å². The van der Waals surface area contributed by atoms with Crippen molar-refractivity contribution in [2.75, 3.05) is 13.2 Å². The van der Waals surface area contributed by atoms with E-state index in [1.807, 2.05) is 29.3 Å². The van der Waals surface area contributed by atoms with Gasteiger partial charge >= 0.3 is 0 Å². The maximum absolute atomic E-state index is 12.8. The Balaban J connectivity index is 1.51. The summed E-state index contributed by atoms with van der Waals surface area (Å²) in [5.74, 6) is 0.795. The normalized spacial score (nSPS) is 23.6. The maximum atomic E-state index is 12.8. The van der Waals surface area contributed by atoms with Gasteiger partial charge in [0, 0.05) is 31.7 Å². The molecule has 2 aliphatic rings. The van der Waals surface area contributed by atoms with Crippen LogP contribution in [0.4, 0.5) is 0 Å². The molecule has 2 fully saturated rings. The van der Waals surface area contributed by atoms with Gasteiger partial charge in [-0.3, -0.25) is 9.78 Å². The Bertz CT molecular complexity index is 667. The highest BCUT2D eigenvalue weighted by molar-refractivity contribution is 5.92. The average molecular weight is 325 g/mol. The average Bonchev–Trinajstić information content (AvgIpc) is 3.12. The van der Waals surface area contributed by atoms with Gasteiger partial charge in [-0.25, -0.2) is 0 Å². The number of likely N-dealkylation sites (tertiary alicyclic amines) is 1. The third kappa shape index (κ3) is 3.36. The van der Waals surface area contributed by atoms with E-state index in [2.05, 4.69) is 16.0 Å². The zero-order chi connectivity index (χ0) is 16.4. The van der Waals surface area contributed by atoms with Crippen LogP contribution in [0.5, 0.6) is 0 Å². The summed E-state index contributed by atoms with van der Waals surface area (Å²) in [5.41, 5.74) is 1.79. The van der Waals surface area contributed by atoms with Crippen molar-refractivity contribution in [2.24, 2.45) is 5.92 Å². The fourth-order valence-electron chi connectivity index (χ4n) is 3.44. The van der Waals surface area contributed by atoms with Gasteiger partial charge in [0.2, 0.25) is 0 Å². The molecule has 1 saturated carbocycles. The number of hydrogen-bond acceptors (Lipinski definition) is 3. The second kappa shape index (κ2) is 6.77. The molecule has 0 radical (unpaired) electrons. The van der Waals surface area contributed by atoms with Crippen LogP contribution in [0.3, 0.4) is 0 Å². The van der Waals surface area contributed by atoms with Crippen LogP contribution in [0.25, 0.3) is 0 Å². The molecule has 1 aliphatic carbocycles. The number of ether oxygens (including phenoxy) is 1. The van der Waals surface area contributed by atoms with E-state index in [0.717, 1.165) is 37.5 Å². The molecule has 2 aromatic heterocycles. The first-order chi connectivity index (χ1) is 11.8. The van der Waals surface area contributed by atoms with Gasteiger partial charge in [-0.2, -0.15) is 0 Å². The molecule has 126 valence electrons. The van der Waals surface area contributed by atoms with E-state index in [1.165, 1.54) is 12.8 Å². The van der Waals surface area contributed by atoms with Gasteiger partial charge in [-0.05, 0) is 55.4 Å². The first-order valence-corrected chi connectivity index (χ1v) is 8.76. The van der Waals surface area contributed by atoms with E-state index in [4.69, 9.17) is 4.74 Å².